The van der Waals surface area contributed by atoms with Crippen molar-refractivity contribution in [2.24, 2.45) is 10.8 Å². The fourth-order valence-corrected chi connectivity index (χ4v) is 3.06. The molecule has 0 aromatic heterocycles. The van der Waals surface area contributed by atoms with Gasteiger partial charge in [0, 0.05) is 0 Å². The van der Waals surface area contributed by atoms with Crippen molar-refractivity contribution in [2.75, 3.05) is 0 Å². The van der Waals surface area contributed by atoms with Crippen molar-refractivity contribution in [3.05, 3.63) is 35.1 Å². The smallest absolute Gasteiger partial charge is 0.123 e. The third-order valence-corrected chi connectivity index (χ3v) is 4.77. The van der Waals surface area contributed by atoms with Gasteiger partial charge < -0.3 is 5.11 Å². The summed E-state index contributed by atoms with van der Waals surface area (Å²) in [6.45, 7) is 6.17. The largest absolute Gasteiger partial charge is 0.387 e. The minimum absolute atomic E-state index is 0.234. The summed E-state index contributed by atoms with van der Waals surface area (Å²) in [7, 11) is 0. The lowest BCUT2D eigenvalue weighted by atomic mass is 9.62. The first-order valence-electron chi connectivity index (χ1n) is 7.15. The normalized spacial score (nSPS) is 22.0. The highest BCUT2D eigenvalue weighted by molar-refractivity contribution is 5.31. The zero-order chi connectivity index (χ0) is 15.0. The van der Waals surface area contributed by atoms with Crippen molar-refractivity contribution < 1.29 is 9.50 Å². The van der Waals surface area contributed by atoms with E-state index in [4.69, 9.17) is 0 Å². The van der Waals surface area contributed by atoms with Gasteiger partial charge >= 0.3 is 0 Å². The van der Waals surface area contributed by atoms with E-state index in [9.17, 15) is 14.8 Å². The third-order valence-electron chi connectivity index (χ3n) is 4.77. The van der Waals surface area contributed by atoms with E-state index in [-0.39, 0.29) is 11.2 Å². The van der Waals surface area contributed by atoms with Crippen LogP contribution in [0, 0.1) is 34.9 Å². The number of hydrogen-bond donors (Lipinski definition) is 1. The molecule has 0 bridgehead atoms. The molecule has 1 aromatic carbocycles. The summed E-state index contributed by atoms with van der Waals surface area (Å²) in [6, 6.07) is 6.72. The van der Waals surface area contributed by atoms with E-state index in [0.29, 0.717) is 24.0 Å². The maximum absolute atomic E-state index is 13.2. The molecule has 1 fully saturated rings. The predicted molar refractivity (Wildman–Crippen MR) is 76.4 cm³/mol. The van der Waals surface area contributed by atoms with E-state index in [1.165, 1.54) is 12.1 Å². The molecule has 1 N–H and O–H groups in total. The second-order valence-corrected chi connectivity index (χ2v) is 6.84. The summed E-state index contributed by atoms with van der Waals surface area (Å²) in [4.78, 5) is 0. The Morgan fingerprint density at radius 2 is 1.85 bits per heavy atom. The van der Waals surface area contributed by atoms with Crippen LogP contribution in [0.3, 0.4) is 0 Å². The topological polar surface area (TPSA) is 44.0 Å². The Labute approximate surface area is 120 Å². The van der Waals surface area contributed by atoms with E-state index in [1.807, 2.05) is 0 Å². The molecule has 0 radical (unpaired) electrons. The molecule has 1 atom stereocenters. The summed E-state index contributed by atoms with van der Waals surface area (Å²) in [6.07, 6.45) is 2.39. The molecule has 1 unspecified atom stereocenters. The fourth-order valence-electron chi connectivity index (χ4n) is 3.06. The molecule has 20 heavy (non-hydrogen) atoms. The first-order valence-corrected chi connectivity index (χ1v) is 7.15. The maximum atomic E-state index is 13.2. The Morgan fingerprint density at radius 1 is 1.25 bits per heavy atom. The highest BCUT2D eigenvalue weighted by Crippen LogP contribution is 2.51. The average Bonchev–Trinajstić information content (AvgIpc) is 2.39. The van der Waals surface area contributed by atoms with Gasteiger partial charge in [0.05, 0.1) is 17.6 Å². The first kappa shape index (κ1) is 15.0. The summed E-state index contributed by atoms with van der Waals surface area (Å²) in [5.74, 6) is -0.311. The molecule has 108 valence electrons. The minimum Gasteiger partial charge on any atom is -0.387 e. The quantitative estimate of drug-likeness (QED) is 0.875. The molecule has 0 saturated heterocycles. The molecule has 0 spiro atoms. The Balaban J connectivity index is 2.31. The number of aliphatic hydroxyl groups is 1. The lowest BCUT2D eigenvalue weighted by molar-refractivity contribution is 0.00917. The molecule has 1 saturated carbocycles. The van der Waals surface area contributed by atoms with Crippen molar-refractivity contribution in [1.29, 1.82) is 5.26 Å². The van der Waals surface area contributed by atoms with Gasteiger partial charge in [0.1, 0.15) is 5.82 Å². The van der Waals surface area contributed by atoms with Crippen molar-refractivity contribution in [2.45, 2.75) is 52.6 Å². The first-order chi connectivity index (χ1) is 9.30. The summed E-state index contributed by atoms with van der Waals surface area (Å²) < 4.78 is 13.2. The molecule has 1 aliphatic rings. The van der Waals surface area contributed by atoms with E-state index in [2.05, 4.69) is 19.9 Å². The van der Waals surface area contributed by atoms with Crippen LogP contribution in [0.4, 0.5) is 4.39 Å². The zero-order valence-corrected chi connectivity index (χ0v) is 12.4. The third kappa shape index (κ3) is 2.71. The summed E-state index contributed by atoms with van der Waals surface area (Å²) in [5, 5.41) is 20.3. The lowest BCUT2D eigenvalue weighted by Crippen LogP contribution is -2.35. The van der Waals surface area contributed by atoms with Gasteiger partial charge in [-0.1, -0.05) is 19.9 Å². The molecule has 3 heteroatoms. The van der Waals surface area contributed by atoms with Crippen LogP contribution in [-0.2, 0) is 0 Å². The molecular formula is C17H22FNO. The van der Waals surface area contributed by atoms with Crippen molar-refractivity contribution in [1.82, 2.24) is 0 Å². The Kier molecular flexibility index (Phi) is 3.88. The number of aryl methyl sites for hydroxylation is 1. The molecule has 0 heterocycles. The molecule has 1 aliphatic carbocycles. The van der Waals surface area contributed by atoms with Gasteiger partial charge in [-0.15, -0.1) is 0 Å². The maximum Gasteiger partial charge on any atom is 0.123 e. The fraction of sp³-hybridized carbons (Fsp3) is 0.588. The van der Waals surface area contributed by atoms with Gasteiger partial charge in [0.15, 0.2) is 0 Å². The van der Waals surface area contributed by atoms with Gasteiger partial charge in [-0.2, -0.15) is 5.26 Å². The van der Waals surface area contributed by atoms with Crippen LogP contribution in [0.25, 0.3) is 0 Å². The number of aliphatic hydroxyl groups excluding tert-OH is 1. The average molecular weight is 275 g/mol. The van der Waals surface area contributed by atoms with Crippen molar-refractivity contribution in [3.8, 4) is 6.07 Å². The number of nitrogens with zero attached hydrogens (tertiary/aromatic N) is 1. The van der Waals surface area contributed by atoms with Crippen LogP contribution in [0.15, 0.2) is 18.2 Å². The molecule has 1 aromatic rings. The number of benzene rings is 1. The number of halogens is 1. The number of rotatable bonds is 2. The monoisotopic (exact) mass is 275 g/mol. The number of hydrogen-bond acceptors (Lipinski definition) is 2. The Morgan fingerprint density at radius 3 is 2.35 bits per heavy atom. The molecular weight excluding hydrogens is 253 g/mol. The van der Waals surface area contributed by atoms with E-state index < -0.39 is 11.5 Å². The molecule has 0 amide bonds. The van der Waals surface area contributed by atoms with E-state index >= 15 is 0 Å². The Hall–Kier alpha value is -1.40. The van der Waals surface area contributed by atoms with Crippen LogP contribution in [0.2, 0.25) is 0 Å². The predicted octanol–water partition coefficient (Wildman–Crippen LogP) is 4.28. The van der Waals surface area contributed by atoms with E-state index in [1.54, 1.807) is 13.0 Å². The Bertz CT molecular complexity index is 534. The van der Waals surface area contributed by atoms with Crippen LogP contribution >= 0.6 is 0 Å². The van der Waals surface area contributed by atoms with Gasteiger partial charge in [-0.3, -0.25) is 0 Å². The van der Waals surface area contributed by atoms with Crippen molar-refractivity contribution in [3.63, 3.8) is 0 Å². The van der Waals surface area contributed by atoms with Gasteiger partial charge in [-0.05, 0) is 61.3 Å². The van der Waals surface area contributed by atoms with Crippen molar-refractivity contribution >= 4 is 0 Å². The second kappa shape index (κ2) is 5.18. The van der Waals surface area contributed by atoms with Crippen LogP contribution in [0.5, 0.6) is 0 Å². The van der Waals surface area contributed by atoms with Gasteiger partial charge in [0.25, 0.3) is 0 Å². The van der Waals surface area contributed by atoms with Crippen LogP contribution < -0.4 is 0 Å². The molecule has 2 rings (SSSR count). The number of nitriles is 1. The molecule has 0 aliphatic heterocycles. The highest BCUT2D eigenvalue weighted by Gasteiger charge is 2.44. The lowest BCUT2D eigenvalue weighted by Gasteiger charge is -2.42. The summed E-state index contributed by atoms with van der Waals surface area (Å²) in [5.41, 5.74) is 0.875. The summed E-state index contributed by atoms with van der Waals surface area (Å²) >= 11 is 0. The SMILES string of the molecule is Cc1cc(F)ccc1C(O)C1(C#N)CCC(C)(C)CC1. The van der Waals surface area contributed by atoms with Crippen LogP contribution in [0.1, 0.15) is 56.8 Å². The molecule has 2 nitrogen and oxygen atoms in total. The second-order valence-electron chi connectivity index (χ2n) is 6.84. The van der Waals surface area contributed by atoms with Gasteiger partial charge in [-0.25, -0.2) is 4.39 Å². The minimum atomic E-state index is -0.843. The zero-order valence-electron chi connectivity index (χ0n) is 12.4. The van der Waals surface area contributed by atoms with Crippen LogP contribution in [-0.4, -0.2) is 5.11 Å². The standard InChI is InChI=1S/C17H22FNO/c1-12-10-13(18)4-5-14(12)15(20)17(11-19)8-6-16(2,3)7-9-17/h4-5,10,15,20H,6-9H2,1-3H3. The van der Waals surface area contributed by atoms with E-state index in [0.717, 1.165) is 12.8 Å². The highest BCUT2D eigenvalue weighted by atomic mass is 19.1. The van der Waals surface area contributed by atoms with Gasteiger partial charge in [0.2, 0.25) is 0 Å².